The van der Waals surface area contributed by atoms with Gasteiger partial charge in [0.25, 0.3) is 0 Å². The predicted molar refractivity (Wildman–Crippen MR) is 97.0 cm³/mol. The second-order valence-corrected chi connectivity index (χ2v) is 6.58. The number of benzene rings is 1. The number of furan rings is 2. The quantitative estimate of drug-likeness (QED) is 0.350. The SMILES string of the molecule is O=C(CSc1nnc(-c2ccco2)n1Cc1ccco1)c1ccccc1F. The average Bonchev–Trinajstić information content (AvgIpc) is 3.43. The molecule has 0 aliphatic heterocycles. The van der Waals surface area contributed by atoms with Crippen LogP contribution in [-0.4, -0.2) is 26.3 Å². The minimum atomic E-state index is -0.531. The Morgan fingerprint density at radius 3 is 2.59 bits per heavy atom. The van der Waals surface area contributed by atoms with E-state index in [4.69, 9.17) is 8.83 Å². The van der Waals surface area contributed by atoms with Crippen LogP contribution in [0.3, 0.4) is 0 Å². The molecule has 27 heavy (non-hydrogen) atoms. The summed E-state index contributed by atoms with van der Waals surface area (Å²) in [4.78, 5) is 12.3. The highest BCUT2D eigenvalue weighted by molar-refractivity contribution is 7.99. The number of carbonyl (C=O) groups is 1. The molecule has 0 N–H and O–H groups in total. The Morgan fingerprint density at radius 1 is 1.04 bits per heavy atom. The van der Waals surface area contributed by atoms with Crippen LogP contribution in [0.4, 0.5) is 4.39 Å². The summed E-state index contributed by atoms with van der Waals surface area (Å²) in [7, 11) is 0. The minimum Gasteiger partial charge on any atom is -0.467 e. The first-order chi connectivity index (χ1) is 13.2. The van der Waals surface area contributed by atoms with E-state index in [0.29, 0.717) is 29.0 Å². The van der Waals surface area contributed by atoms with Crippen molar-refractivity contribution in [3.05, 3.63) is 78.2 Å². The highest BCUT2D eigenvalue weighted by atomic mass is 32.2. The molecule has 1 aromatic carbocycles. The van der Waals surface area contributed by atoms with Crippen molar-refractivity contribution in [2.24, 2.45) is 0 Å². The van der Waals surface area contributed by atoms with Gasteiger partial charge in [-0.3, -0.25) is 9.36 Å². The largest absolute Gasteiger partial charge is 0.467 e. The topological polar surface area (TPSA) is 74.1 Å². The van der Waals surface area contributed by atoms with Gasteiger partial charge in [0.1, 0.15) is 11.6 Å². The van der Waals surface area contributed by atoms with Crippen molar-refractivity contribution in [3.63, 3.8) is 0 Å². The normalized spacial score (nSPS) is 11.0. The average molecular weight is 383 g/mol. The van der Waals surface area contributed by atoms with Crippen LogP contribution in [0.2, 0.25) is 0 Å². The zero-order valence-electron chi connectivity index (χ0n) is 14.0. The number of carbonyl (C=O) groups excluding carboxylic acids is 1. The Balaban J connectivity index is 1.59. The lowest BCUT2D eigenvalue weighted by Gasteiger charge is -2.07. The number of hydrogen-bond donors (Lipinski definition) is 0. The number of ketones is 1. The zero-order chi connectivity index (χ0) is 18.6. The van der Waals surface area contributed by atoms with Gasteiger partial charge in [0.15, 0.2) is 16.7 Å². The molecule has 0 atom stereocenters. The van der Waals surface area contributed by atoms with Gasteiger partial charge < -0.3 is 8.83 Å². The van der Waals surface area contributed by atoms with E-state index in [9.17, 15) is 9.18 Å². The molecule has 8 heteroatoms. The molecular formula is C19H14FN3O3S. The fourth-order valence-electron chi connectivity index (χ4n) is 2.58. The third-order valence-electron chi connectivity index (χ3n) is 3.86. The van der Waals surface area contributed by atoms with E-state index in [1.165, 1.54) is 23.9 Å². The fourth-order valence-corrected chi connectivity index (χ4v) is 3.40. The molecule has 136 valence electrons. The molecule has 0 amide bonds. The maximum absolute atomic E-state index is 13.8. The van der Waals surface area contributed by atoms with Crippen LogP contribution in [0.25, 0.3) is 11.6 Å². The van der Waals surface area contributed by atoms with Gasteiger partial charge in [-0.1, -0.05) is 23.9 Å². The summed E-state index contributed by atoms with van der Waals surface area (Å²) < 4.78 is 26.4. The molecule has 6 nitrogen and oxygen atoms in total. The molecule has 0 spiro atoms. The van der Waals surface area contributed by atoms with E-state index in [0.717, 1.165) is 0 Å². The van der Waals surface area contributed by atoms with E-state index in [2.05, 4.69) is 10.2 Å². The number of halogens is 1. The standard InChI is InChI=1S/C19H14FN3O3S/c20-15-7-2-1-6-14(15)16(24)12-27-19-22-21-18(17-8-4-10-26-17)23(19)11-13-5-3-9-25-13/h1-10H,11-12H2. The van der Waals surface area contributed by atoms with Gasteiger partial charge in [-0.2, -0.15) is 0 Å². The number of Topliss-reactive ketones (excluding diaryl/α,β-unsaturated/α-hetero) is 1. The van der Waals surface area contributed by atoms with E-state index in [1.807, 2.05) is 6.07 Å². The predicted octanol–water partition coefficient (Wildman–Crippen LogP) is 4.29. The summed E-state index contributed by atoms with van der Waals surface area (Å²) in [6.07, 6.45) is 3.14. The minimum absolute atomic E-state index is 0.0371. The molecule has 0 bridgehead atoms. The maximum Gasteiger partial charge on any atom is 0.200 e. The number of rotatable bonds is 7. The first-order valence-electron chi connectivity index (χ1n) is 8.12. The van der Waals surface area contributed by atoms with Gasteiger partial charge in [-0.25, -0.2) is 4.39 Å². The maximum atomic E-state index is 13.8. The Labute approximate surface area is 158 Å². The molecule has 0 saturated heterocycles. The van der Waals surface area contributed by atoms with Crippen molar-refractivity contribution in [2.45, 2.75) is 11.7 Å². The van der Waals surface area contributed by atoms with Crippen LogP contribution >= 0.6 is 11.8 Å². The lowest BCUT2D eigenvalue weighted by molar-refractivity contribution is 0.101. The van der Waals surface area contributed by atoms with Gasteiger partial charge >= 0.3 is 0 Å². The Bertz CT molecular complexity index is 1040. The highest BCUT2D eigenvalue weighted by Crippen LogP contribution is 2.26. The molecular weight excluding hydrogens is 369 g/mol. The third kappa shape index (κ3) is 3.70. The van der Waals surface area contributed by atoms with Crippen LogP contribution in [0.15, 0.2) is 75.0 Å². The van der Waals surface area contributed by atoms with Crippen LogP contribution in [0.5, 0.6) is 0 Å². The molecule has 3 heterocycles. The van der Waals surface area contributed by atoms with Crippen molar-refractivity contribution < 1.29 is 18.0 Å². The summed E-state index contributed by atoms with van der Waals surface area (Å²) in [5.41, 5.74) is 0.0633. The fraction of sp³-hybridized carbons (Fsp3) is 0.105. The van der Waals surface area contributed by atoms with Crippen LogP contribution < -0.4 is 0 Å². The monoisotopic (exact) mass is 383 g/mol. The molecule has 0 aliphatic rings. The number of nitrogens with zero attached hydrogens (tertiary/aromatic N) is 3. The van der Waals surface area contributed by atoms with E-state index in [-0.39, 0.29) is 17.1 Å². The van der Waals surface area contributed by atoms with E-state index >= 15 is 0 Å². The smallest absolute Gasteiger partial charge is 0.200 e. The van der Waals surface area contributed by atoms with E-state index < -0.39 is 5.82 Å². The van der Waals surface area contributed by atoms with Crippen molar-refractivity contribution in [3.8, 4) is 11.6 Å². The molecule has 0 unspecified atom stereocenters. The van der Waals surface area contributed by atoms with Gasteiger partial charge in [0, 0.05) is 0 Å². The van der Waals surface area contributed by atoms with Gasteiger partial charge in [0.2, 0.25) is 5.82 Å². The first kappa shape index (κ1) is 17.3. The van der Waals surface area contributed by atoms with Crippen molar-refractivity contribution >= 4 is 17.5 Å². The number of thioether (sulfide) groups is 1. The Hall–Kier alpha value is -3.13. The highest BCUT2D eigenvalue weighted by Gasteiger charge is 2.19. The zero-order valence-corrected chi connectivity index (χ0v) is 14.9. The molecule has 4 rings (SSSR count). The molecule has 0 fully saturated rings. The summed E-state index contributed by atoms with van der Waals surface area (Å²) in [6, 6.07) is 13.1. The first-order valence-corrected chi connectivity index (χ1v) is 9.11. The molecule has 3 aromatic heterocycles. The van der Waals surface area contributed by atoms with Crippen LogP contribution in [0.1, 0.15) is 16.1 Å². The van der Waals surface area contributed by atoms with Crippen LogP contribution in [-0.2, 0) is 6.54 Å². The van der Waals surface area contributed by atoms with Gasteiger partial charge in [0.05, 0.1) is 30.4 Å². The van der Waals surface area contributed by atoms with Gasteiger partial charge in [-0.15, -0.1) is 10.2 Å². The summed E-state index contributed by atoms with van der Waals surface area (Å²) in [5, 5.41) is 8.86. The molecule has 0 saturated carbocycles. The van der Waals surface area contributed by atoms with Crippen molar-refractivity contribution in [2.75, 3.05) is 5.75 Å². The lowest BCUT2D eigenvalue weighted by Crippen LogP contribution is -2.08. The van der Waals surface area contributed by atoms with E-state index in [1.54, 1.807) is 47.4 Å². The molecule has 0 aliphatic carbocycles. The lowest BCUT2D eigenvalue weighted by atomic mass is 10.1. The molecule has 4 aromatic rings. The number of hydrogen-bond acceptors (Lipinski definition) is 6. The second kappa shape index (κ2) is 7.63. The summed E-state index contributed by atoms with van der Waals surface area (Å²) >= 11 is 1.19. The summed E-state index contributed by atoms with van der Waals surface area (Å²) in [6.45, 7) is 0.381. The van der Waals surface area contributed by atoms with Crippen LogP contribution in [0, 0.1) is 5.82 Å². The summed E-state index contributed by atoms with van der Waals surface area (Å²) in [5.74, 6) is 0.986. The Morgan fingerprint density at radius 2 is 1.85 bits per heavy atom. The number of aromatic nitrogens is 3. The van der Waals surface area contributed by atoms with Crippen molar-refractivity contribution in [1.29, 1.82) is 0 Å². The Kier molecular flexibility index (Phi) is 4.88. The van der Waals surface area contributed by atoms with Crippen molar-refractivity contribution in [1.82, 2.24) is 14.8 Å². The van der Waals surface area contributed by atoms with Gasteiger partial charge in [-0.05, 0) is 36.4 Å². The third-order valence-corrected chi connectivity index (χ3v) is 4.83. The molecule has 0 radical (unpaired) electrons. The second-order valence-electron chi connectivity index (χ2n) is 5.64.